The second kappa shape index (κ2) is 9.18. The molecule has 0 spiro atoms. The SMILES string of the molecule is CN(C)CCNc1nc(-c2ccnc(NC3CCCCC3)c2)cc2cnccc12. The summed E-state index contributed by atoms with van der Waals surface area (Å²) in [5, 5.41) is 9.30. The van der Waals surface area contributed by atoms with E-state index >= 15 is 0 Å². The summed E-state index contributed by atoms with van der Waals surface area (Å²) >= 11 is 0. The second-order valence-electron chi connectivity index (χ2n) is 8.09. The fraction of sp³-hybridized carbons (Fsp3) is 0.435. The molecule has 3 aromatic heterocycles. The standard InChI is InChI=1S/C23H30N6/c1-29(2)13-12-26-23-20-9-10-24-16-18(20)14-21(28-23)17-8-11-25-22(15-17)27-19-6-4-3-5-7-19/h8-11,14-16,19H,3-7,12-13H2,1-2H3,(H,25,27)(H,26,28). The van der Waals surface area contributed by atoms with Crippen molar-refractivity contribution in [3.05, 3.63) is 42.9 Å². The molecule has 2 N–H and O–H groups in total. The molecule has 152 valence electrons. The fourth-order valence-corrected chi connectivity index (χ4v) is 3.90. The number of rotatable bonds is 7. The van der Waals surface area contributed by atoms with Crippen LogP contribution in [0.3, 0.4) is 0 Å². The molecule has 3 heterocycles. The van der Waals surface area contributed by atoms with Crippen molar-refractivity contribution in [2.24, 2.45) is 0 Å². The van der Waals surface area contributed by atoms with E-state index in [1.807, 2.05) is 30.7 Å². The Morgan fingerprint density at radius 1 is 1.07 bits per heavy atom. The Kier molecular flexibility index (Phi) is 6.20. The molecule has 0 aromatic carbocycles. The summed E-state index contributed by atoms with van der Waals surface area (Å²) in [5.74, 6) is 1.84. The average molecular weight is 391 g/mol. The van der Waals surface area contributed by atoms with Crippen LogP contribution in [0.25, 0.3) is 22.0 Å². The van der Waals surface area contributed by atoms with Gasteiger partial charge < -0.3 is 15.5 Å². The van der Waals surface area contributed by atoms with E-state index in [0.29, 0.717) is 6.04 Å². The molecule has 1 fully saturated rings. The molecule has 0 bridgehead atoms. The lowest BCUT2D eigenvalue weighted by molar-refractivity contribution is 0.425. The minimum atomic E-state index is 0.531. The van der Waals surface area contributed by atoms with E-state index in [0.717, 1.165) is 46.8 Å². The summed E-state index contributed by atoms with van der Waals surface area (Å²) in [6.07, 6.45) is 12.0. The van der Waals surface area contributed by atoms with Crippen LogP contribution in [0.1, 0.15) is 32.1 Å². The number of nitrogens with one attached hydrogen (secondary N) is 2. The molecule has 0 radical (unpaired) electrons. The molecule has 1 saturated carbocycles. The van der Waals surface area contributed by atoms with E-state index in [4.69, 9.17) is 4.98 Å². The third kappa shape index (κ3) is 5.01. The summed E-state index contributed by atoms with van der Waals surface area (Å²) in [5.41, 5.74) is 2.01. The second-order valence-corrected chi connectivity index (χ2v) is 8.09. The number of anilines is 2. The monoisotopic (exact) mass is 390 g/mol. The minimum absolute atomic E-state index is 0.531. The molecule has 1 aliphatic carbocycles. The van der Waals surface area contributed by atoms with Crippen LogP contribution in [-0.2, 0) is 0 Å². The molecule has 0 aliphatic heterocycles. The van der Waals surface area contributed by atoms with Crippen molar-refractivity contribution in [2.75, 3.05) is 37.8 Å². The third-order valence-electron chi connectivity index (χ3n) is 5.50. The number of fused-ring (bicyclic) bond motifs is 1. The van der Waals surface area contributed by atoms with Gasteiger partial charge >= 0.3 is 0 Å². The van der Waals surface area contributed by atoms with Crippen molar-refractivity contribution < 1.29 is 0 Å². The maximum atomic E-state index is 4.94. The zero-order valence-electron chi connectivity index (χ0n) is 17.4. The van der Waals surface area contributed by atoms with E-state index in [2.05, 4.69) is 51.7 Å². The highest BCUT2D eigenvalue weighted by Gasteiger charge is 2.14. The number of hydrogen-bond acceptors (Lipinski definition) is 6. The highest BCUT2D eigenvalue weighted by atomic mass is 15.1. The fourth-order valence-electron chi connectivity index (χ4n) is 3.90. The normalized spacial score (nSPS) is 15.0. The molecular weight excluding hydrogens is 360 g/mol. The number of nitrogens with zero attached hydrogens (tertiary/aromatic N) is 4. The first-order valence-electron chi connectivity index (χ1n) is 10.6. The van der Waals surface area contributed by atoms with Gasteiger partial charge in [0, 0.05) is 54.1 Å². The molecular formula is C23H30N6. The summed E-state index contributed by atoms with van der Waals surface area (Å²) in [4.78, 5) is 15.9. The Morgan fingerprint density at radius 3 is 2.76 bits per heavy atom. The predicted molar refractivity (Wildman–Crippen MR) is 120 cm³/mol. The van der Waals surface area contributed by atoms with Crippen LogP contribution in [0.4, 0.5) is 11.6 Å². The maximum absolute atomic E-state index is 4.94. The zero-order valence-corrected chi connectivity index (χ0v) is 17.4. The van der Waals surface area contributed by atoms with E-state index in [1.165, 1.54) is 32.1 Å². The van der Waals surface area contributed by atoms with Gasteiger partial charge in [-0.1, -0.05) is 19.3 Å². The minimum Gasteiger partial charge on any atom is -0.368 e. The van der Waals surface area contributed by atoms with E-state index in [9.17, 15) is 0 Å². The van der Waals surface area contributed by atoms with Crippen molar-refractivity contribution in [1.29, 1.82) is 0 Å². The van der Waals surface area contributed by atoms with Crippen LogP contribution in [-0.4, -0.2) is 53.1 Å². The highest BCUT2D eigenvalue weighted by molar-refractivity contribution is 5.94. The van der Waals surface area contributed by atoms with Gasteiger partial charge in [-0.05, 0) is 51.2 Å². The Hall–Kier alpha value is -2.73. The summed E-state index contributed by atoms with van der Waals surface area (Å²) < 4.78 is 0. The molecule has 0 amide bonds. The van der Waals surface area contributed by atoms with Crippen molar-refractivity contribution >= 4 is 22.4 Å². The molecule has 0 saturated heterocycles. The Morgan fingerprint density at radius 2 is 1.93 bits per heavy atom. The lowest BCUT2D eigenvalue weighted by atomic mass is 9.95. The lowest BCUT2D eigenvalue weighted by Gasteiger charge is -2.23. The van der Waals surface area contributed by atoms with Gasteiger partial charge in [-0.15, -0.1) is 0 Å². The number of hydrogen-bond donors (Lipinski definition) is 2. The largest absolute Gasteiger partial charge is 0.368 e. The summed E-state index contributed by atoms with van der Waals surface area (Å²) in [7, 11) is 4.15. The smallest absolute Gasteiger partial charge is 0.134 e. The Bertz CT molecular complexity index is 949. The van der Waals surface area contributed by atoms with E-state index in [-0.39, 0.29) is 0 Å². The van der Waals surface area contributed by atoms with Gasteiger partial charge in [0.05, 0.1) is 5.69 Å². The lowest BCUT2D eigenvalue weighted by Crippen LogP contribution is -2.22. The molecule has 1 aliphatic rings. The van der Waals surface area contributed by atoms with Crippen LogP contribution < -0.4 is 10.6 Å². The van der Waals surface area contributed by atoms with Crippen molar-refractivity contribution in [1.82, 2.24) is 19.9 Å². The first-order valence-corrected chi connectivity index (χ1v) is 10.6. The molecule has 0 atom stereocenters. The van der Waals surface area contributed by atoms with Gasteiger partial charge in [0.2, 0.25) is 0 Å². The summed E-state index contributed by atoms with van der Waals surface area (Å²) in [6.45, 7) is 1.79. The Balaban J connectivity index is 1.62. The van der Waals surface area contributed by atoms with E-state index < -0.39 is 0 Å². The van der Waals surface area contributed by atoms with Crippen LogP contribution in [0.2, 0.25) is 0 Å². The predicted octanol–water partition coefficient (Wildman–Crippen LogP) is 4.41. The Labute approximate surface area is 172 Å². The quantitative estimate of drug-likeness (QED) is 0.623. The van der Waals surface area contributed by atoms with Gasteiger partial charge in [-0.2, -0.15) is 0 Å². The maximum Gasteiger partial charge on any atom is 0.134 e. The molecule has 6 heteroatoms. The van der Waals surface area contributed by atoms with Crippen LogP contribution in [0.15, 0.2) is 42.9 Å². The van der Waals surface area contributed by atoms with Gasteiger partial charge in [0.15, 0.2) is 0 Å². The van der Waals surface area contributed by atoms with Crippen molar-refractivity contribution in [3.63, 3.8) is 0 Å². The molecule has 0 unspecified atom stereocenters. The first kappa shape index (κ1) is 19.6. The molecule has 6 nitrogen and oxygen atoms in total. The molecule has 3 aromatic rings. The summed E-state index contributed by atoms with van der Waals surface area (Å²) in [6, 6.07) is 8.80. The molecule has 29 heavy (non-hydrogen) atoms. The van der Waals surface area contributed by atoms with Gasteiger partial charge in [-0.25, -0.2) is 9.97 Å². The first-order chi connectivity index (χ1) is 14.2. The zero-order chi connectivity index (χ0) is 20.1. The highest BCUT2D eigenvalue weighted by Crippen LogP contribution is 2.29. The van der Waals surface area contributed by atoms with Crippen LogP contribution in [0, 0.1) is 0 Å². The number of likely N-dealkylation sites (N-methyl/N-ethyl adjacent to an activating group) is 1. The number of pyridine rings is 3. The topological polar surface area (TPSA) is 66.0 Å². The van der Waals surface area contributed by atoms with Crippen molar-refractivity contribution in [3.8, 4) is 11.3 Å². The van der Waals surface area contributed by atoms with Gasteiger partial charge in [0.25, 0.3) is 0 Å². The molecule has 4 rings (SSSR count). The van der Waals surface area contributed by atoms with Crippen LogP contribution in [0.5, 0.6) is 0 Å². The van der Waals surface area contributed by atoms with Crippen molar-refractivity contribution in [2.45, 2.75) is 38.1 Å². The van der Waals surface area contributed by atoms with Gasteiger partial charge in [-0.3, -0.25) is 4.98 Å². The van der Waals surface area contributed by atoms with Gasteiger partial charge in [0.1, 0.15) is 11.6 Å². The average Bonchev–Trinajstić information content (AvgIpc) is 2.74. The third-order valence-corrected chi connectivity index (χ3v) is 5.50. The number of aromatic nitrogens is 3. The van der Waals surface area contributed by atoms with E-state index in [1.54, 1.807) is 0 Å². The van der Waals surface area contributed by atoms with Crippen LogP contribution >= 0.6 is 0 Å².